The Labute approximate surface area is 114 Å². The fourth-order valence-electron chi connectivity index (χ4n) is 3.66. The third-order valence-electron chi connectivity index (χ3n) is 4.91. The van der Waals surface area contributed by atoms with Crippen LogP contribution in [0.25, 0.3) is 0 Å². The van der Waals surface area contributed by atoms with E-state index >= 15 is 0 Å². The fraction of sp³-hybridized carbons (Fsp3) is 0.562. The molecule has 2 fully saturated rings. The summed E-state index contributed by atoms with van der Waals surface area (Å²) in [5.74, 6) is 0.139. The van der Waals surface area contributed by atoms with Crippen LogP contribution >= 0.6 is 0 Å². The highest BCUT2D eigenvalue weighted by molar-refractivity contribution is 5.95. The predicted molar refractivity (Wildman–Crippen MR) is 76.9 cm³/mol. The smallest absolute Gasteiger partial charge is 0.253 e. The maximum Gasteiger partial charge on any atom is 0.253 e. The van der Waals surface area contributed by atoms with Crippen LogP contribution in [-0.2, 0) is 0 Å². The molecule has 3 rings (SSSR count). The molecule has 0 radical (unpaired) electrons. The van der Waals surface area contributed by atoms with E-state index in [1.54, 1.807) is 6.07 Å². The molecule has 1 heterocycles. The minimum absolute atomic E-state index is 0.139. The molecule has 0 bridgehead atoms. The molecule has 2 aliphatic rings. The Kier molecular flexibility index (Phi) is 3.21. The van der Waals surface area contributed by atoms with Crippen LogP contribution in [0.4, 0.5) is 5.69 Å². The molecule has 1 saturated carbocycles. The zero-order chi connectivity index (χ0) is 13.3. The number of nitrogens with two attached hydrogens (primary N) is 1. The summed E-state index contributed by atoms with van der Waals surface area (Å²) in [6.07, 6.45) is 7.86. The molecular weight excluding hydrogens is 236 g/mol. The molecule has 3 nitrogen and oxygen atoms in total. The van der Waals surface area contributed by atoms with Gasteiger partial charge < -0.3 is 10.6 Å². The summed E-state index contributed by atoms with van der Waals surface area (Å²) in [5.41, 5.74) is 7.70. The molecule has 1 spiro atoms. The molecule has 3 heteroatoms. The number of amides is 1. The highest BCUT2D eigenvalue weighted by atomic mass is 16.2. The Bertz CT molecular complexity index is 467. The van der Waals surface area contributed by atoms with Crippen LogP contribution in [0.2, 0.25) is 0 Å². The van der Waals surface area contributed by atoms with Crippen molar-refractivity contribution >= 4 is 11.6 Å². The van der Waals surface area contributed by atoms with Crippen molar-refractivity contribution in [1.29, 1.82) is 0 Å². The molecule has 102 valence electrons. The molecule has 1 amide bonds. The lowest BCUT2D eigenvalue weighted by molar-refractivity contribution is 0.0587. The number of nitrogen functional groups attached to an aromatic ring is 1. The van der Waals surface area contributed by atoms with E-state index in [1.165, 1.54) is 38.5 Å². The maximum atomic E-state index is 12.4. The average molecular weight is 258 g/mol. The van der Waals surface area contributed by atoms with Gasteiger partial charge in [0.1, 0.15) is 0 Å². The van der Waals surface area contributed by atoms with Crippen molar-refractivity contribution in [2.75, 3.05) is 18.8 Å². The second-order valence-corrected chi connectivity index (χ2v) is 6.12. The average Bonchev–Trinajstić information content (AvgIpc) is 2.87. The van der Waals surface area contributed by atoms with E-state index < -0.39 is 0 Å². The number of rotatable bonds is 1. The van der Waals surface area contributed by atoms with E-state index in [4.69, 9.17) is 5.73 Å². The first kappa shape index (κ1) is 12.5. The highest BCUT2D eigenvalue weighted by Crippen LogP contribution is 2.46. The molecule has 1 aromatic carbocycles. The van der Waals surface area contributed by atoms with E-state index in [9.17, 15) is 4.79 Å². The van der Waals surface area contributed by atoms with Crippen molar-refractivity contribution in [1.82, 2.24) is 4.90 Å². The van der Waals surface area contributed by atoms with Crippen molar-refractivity contribution < 1.29 is 4.79 Å². The normalized spacial score (nSPS) is 21.8. The Morgan fingerprint density at radius 1 is 1.11 bits per heavy atom. The lowest BCUT2D eigenvalue weighted by Gasteiger charge is -2.39. The quantitative estimate of drug-likeness (QED) is 0.787. The lowest BCUT2D eigenvalue weighted by Crippen LogP contribution is -2.42. The first-order valence-electron chi connectivity index (χ1n) is 7.33. The zero-order valence-corrected chi connectivity index (χ0v) is 11.4. The van der Waals surface area contributed by atoms with Gasteiger partial charge in [0.25, 0.3) is 5.91 Å². The van der Waals surface area contributed by atoms with Crippen molar-refractivity contribution in [3.05, 3.63) is 29.8 Å². The number of carbonyl (C=O) groups excluding carboxylic acids is 1. The third-order valence-corrected chi connectivity index (χ3v) is 4.91. The standard InChI is InChI=1S/C16H22N2O/c17-14-5-3-4-13(12-14)15(19)18-10-8-16(9-11-18)6-1-2-7-16/h3-5,12H,1-2,6-11,17H2. The first-order valence-corrected chi connectivity index (χ1v) is 7.33. The van der Waals surface area contributed by atoms with Crippen LogP contribution in [0.3, 0.4) is 0 Å². The van der Waals surface area contributed by atoms with Gasteiger partial charge in [-0.15, -0.1) is 0 Å². The van der Waals surface area contributed by atoms with E-state index in [1.807, 2.05) is 23.1 Å². The van der Waals surface area contributed by atoms with Gasteiger partial charge in [-0.2, -0.15) is 0 Å². The van der Waals surface area contributed by atoms with E-state index in [2.05, 4.69) is 0 Å². The molecule has 1 aromatic rings. The summed E-state index contributed by atoms with van der Waals surface area (Å²) in [5, 5.41) is 0. The Hall–Kier alpha value is -1.51. The number of anilines is 1. The van der Waals surface area contributed by atoms with Gasteiger partial charge in [0, 0.05) is 24.3 Å². The lowest BCUT2D eigenvalue weighted by atomic mass is 9.77. The summed E-state index contributed by atoms with van der Waals surface area (Å²) < 4.78 is 0. The molecule has 2 N–H and O–H groups in total. The Balaban J connectivity index is 1.66. The molecule has 1 saturated heterocycles. The van der Waals surface area contributed by atoms with Gasteiger partial charge in [0.05, 0.1) is 0 Å². The summed E-state index contributed by atoms with van der Waals surface area (Å²) in [6, 6.07) is 7.31. The Morgan fingerprint density at radius 2 is 1.79 bits per heavy atom. The number of benzene rings is 1. The monoisotopic (exact) mass is 258 g/mol. The largest absolute Gasteiger partial charge is 0.399 e. The molecule has 0 unspecified atom stereocenters. The number of nitrogens with zero attached hydrogens (tertiary/aromatic N) is 1. The van der Waals surface area contributed by atoms with Gasteiger partial charge in [-0.25, -0.2) is 0 Å². The summed E-state index contributed by atoms with van der Waals surface area (Å²) in [6.45, 7) is 1.82. The van der Waals surface area contributed by atoms with Gasteiger partial charge in [-0.05, 0) is 49.3 Å². The highest BCUT2D eigenvalue weighted by Gasteiger charge is 2.37. The first-order chi connectivity index (χ1) is 9.19. The van der Waals surface area contributed by atoms with Crippen LogP contribution in [-0.4, -0.2) is 23.9 Å². The van der Waals surface area contributed by atoms with E-state index in [0.717, 1.165) is 18.7 Å². The summed E-state index contributed by atoms with van der Waals surface area (Å²) in [4.78, 5) is 14.4. The predicted octanol–water partition coefficient (Wildman–Crippen LogP) is 3.07. The molecule has 1 aliphatic heterocycles. The van der Waals surface area contributed by atoms with Crippen molar-refractivity contribution in [3.8, 4) is 0 Å². The number of hydrogen-bond donors (Lipinski definition) is 1. The van der Waals surface area contributed by atoms with Gasteiger partial charge in [-0.3, -0.25) is 4.79 Å². The van der Waals surface area contributed by atoms with Crippen LogP contribution in [0.1, 0.15) is 48.9 Å². The third kappa shape index (κ3) is 2.46. The second-order valence-electron chi connectivity index (χ2n) is 6.12. The summed E-state index contributed by atoms with van der Waals surface area (Å²) >= 11 is 0. The fourth-order valence-corrected chi connectivity index (χ4v) is 3.66. The molecule has 1 aliphatic carbocycles. The molecule has 0 aromatic heterocycles. The van der Waals surface area contributed by atoms with Gasteiger partial charge in [0.2, 0.25) is 0 Å². The van der Waals surface area contributed by atoms with E-state index in [0.29, 0.717) is 11.1 Å². The van der Waals surface area contributed by atoms with Crippen molar-refractivity contribution in [2.45, 2.75) is 38.5 Å². The zero-order valence-electron chi connectivity index (χ0n) is 11.4. The van der Waals surface area contributed by atoms with Crippen LogP contribution in [0, 0.1) is 5.41 Å². The minimum Gasteiger partial charge on any atom is -0.399 e. The summed E-state index contributed by atoms with van der Waals surface area (Å²) in [7, 11) is 0. The van der Waals surface area contributed by atoms with Crippen LogP contribution < -0.4 is 5.73 Å². The van der Waals surface area contributed by atoms with Gasteiger partial charge in [-0.1, -0.05) is 18.9 Å². The Morgan fingerprint density at radius 3 is 2.42 bits per heavy atom. The SMILES string of the molecule is Nc1cccc(C(=O)N2CCC3(CCCC3)CC2)c1. The maximum absolute atomic E-state index is 12.4. The van der Waals surface area contributed by atoms with E-state index in [-0.39, 0.29) is 5.91 Å². The topological polar surface area (TPSA) is 46.3 Å². The molecule has 19 heavy (non-hydrogen) atoms. The number of carbonyl (C=O) groups is 1. The second kappa shape index (κ2) is 4.87. The van der Waals surface area contributed by atoms with Crippen LogP contribution in [0.15, 0.2) is 24.3 Å². The van der Waals surface area contributed by atoms with Gasteiger partial charge in [0.15, 0.2) is 0 Å². The molecular formula is C16H22N2O. The number of hydrogen-bond acceptors (Lipinski definition) is 2. The molecule has 0 atom stereocenters. The van der Waals surface area contributed by atoms with Gasteiger partial charge >= 0.3 is 0 Å². The minimum atomic E-state index is 0.139. The van der Waals surface area contributed by atoms with Crippen molar-refractivity contribution in [3.63, 3.8) is 0 Å². The van der Waals surface area contributed by atoms with Crippen molar-refractivity contribution in [2.24, 2.45) is 5.41 Å². The van der Waals surface area contributed by atoms with Crippen LogP contribution in [0.5, 0.6) is 0 Å². The number of piperidine rings is 1. The number of likely N-dealkylation sites (tertiary alicyclic amines) is 1.